The molecule has 0 spiro atoms. The fourth-order valence-electron chi connectivity index (χ4n) is 2.47. The Hall–Kier alpha value is -2.42. The van der Waals surface area contributed by atoms with Crippen molar-refractivity contribution in [2.75, 3.05) is 0 Å². The summed E-state index contributed by atoms with van der Waals surface area (Å²) in [6.07, 6.45) is 1.98. The SMILES string of the molecule is CCC(C(=O)NCc1c(Cl)cnn1CC)n1nc([N+](=O)[O-])cc1C. The van der Waals surface area contributed by atoms with Gasteiger partial charge in [0.05, 0.1) is 40.3 Å². The summed E-state index contributed by atoms with van der Waals surface area (Å²) in [6.45, 7) is 6.29. The maximum absolute atomic E-state index is 12.5. The molecule has 0 aliphatic carbocycles. The van der Waals surface area contributed by atoms with E-state index in [1.807, 2.05) is 13.8 Å². The Balaban J connectivity index is 2.14. The zero-order valence-corrected chi connectivity index (χ0v) is 14.4. The first-order chi connectivity index (χ1) is 11.4. The Morgan fingerprint density at radius 2 is 2.21 bits per heavy atom. The number of nitro groups is 1. The highest BCUT2D eigenvalue weighted by Crippen LogP contribution is 2.20. The van der Waals surface area contributed by atoms with Crippen LogP contribution in [0.3, 0.4) is 0 Å². The highest BCUT2D eigenvalue weighted by atomic mass is 35.5. The van der Waals surface area contributed by atoms with Gasteiger partial charge in [-0.3, -0.25) is 9.48 Å². The normalized spacial score (nSPS) is 12.2. The van der Waals surface area contributed by atoms with E-state index in [0.29, 0.717) is 29.4 Å². The lowest BCUT2D eigenvalue weighted by atomic mass is 10.2. The summed E-state index contributed by atoms with van der Waals surface area (Å²) >= 11 is 6.07. The fourth-order valence-corrected chi connectivity index (χ4v) is 2.68. The van der Waals surface area contributed by atoms with Crippen molar-refractivity contribution in [2.45, 2.75) is 46.3 Å². The molecule has 1 N–H and O–H groups in total. The third-order valence-corrected chi connectivity index (χ3v) is 4.02. The average molecular weight is 355 g/mol. The molecule has 0 saturated heterocycles. The number of hydrogen-bond acceptors (Lipinski definition) is 5. The molecule has 2 aromatic heterocycles. The van der Waals surface area contributed by atoms with Gasteiger partial charge in [-0.15, -0.1) is 0 Å². The first kappa shape index (κ1) is 17.9. The van der Waals surface area contributed by atoms with Crippen LogP contribution in [0.5, 0.6) is 0 Å². The second-order valence-electron chi connectivity index (χ2n) is 5.24. The Labute approximate surface area is 143 Å². The summed E-state index contributed by atoms with van der Waals surface area (Å²) in [5.41, 5.74) is 1.27. The van der Waals surface area contributed by atoms with Gasteiger partial charge in [0.15, 0.2) is 6.04 Å². The zero-order chi connectivity index (χ0) is 17.9. The highest BCUT2D eigenvalue weighted by Gasteiger charge is 2.27. The molecular weight excluding hydrogens is 336 g/mol. The second kappa shape index (κ2) is 7.43. The summed E-state index contributed by atoms with van der Waals surface area (Å²) in [5, 5.41) is 22.1. The van der Waals surface area contributed by atoms with Crippen LogP contribution in [0.25, 0.3) is 0 Å². The second-order valence-corrected chi connectivity index (χ2v) is 5.65. The van der Waals surface area contributed by atoms with E-state index < -0.39 is 11.0 Å². The molecule has 24 heavy (non-hydrogen) atoms. The van der Waals surface area contributed by atoms with E-state index in [2.05, 4.69) is 15.5 Å². The summed E-state index contributed by atoms with van der Waals surface area (Å²) < 4.78 is 3.08. The first-order valence-electron chi connectivity index (χ1n) is 7.57. The molecular formula is C14H19ClN6O3. The molecule has 2 rings (SSSR count). The standard InChI is InChI=1S/C14H19ClN6O3/c1-4-11(20-9(3)6-13(18-20)21(23)24)14(22)16-8-12-10(15)7-17-19(12)5-2/h6-7,11H,4-5,8H2,1-3H3,(H,16,22). The lowest BCUT2D eigenvalue weighted by Gasteiger charge is -2.14. The van der Waals surface area contributed by atoms with E-state index in [9.17, 15) is 14.9 Å². The minimum atomic E-state index is -0.629. The highest BCUT2D eigenvalue weighted by molar-refractivity contribution is 6.31. The van der Waals surface area contributed by atoms with Crippen molar-refractivity contribution in [3.05, 3.63) is 38.8 Å². The van der Waals surface area contributed by atoms with E-state index in [1.165, 1.54) is 16.9 Å². The fraction of sp³-hybridized carbons (Fsp3) is 0.500. The predicted octanol–water partition coefficient (Wildman–Crippen LogP) is 2.24. The van der Waals surface area contributed by atoms with E-state index >= 15 is 0 Å². The van der Waals surface area contributed by atoms with Crippen LogP contribution in [-0.2, 0) is 17.9 Å². The molecule has 2 aromatic rings. The van der Waals surface area contributed by atoms with Gasteiger partial charge in [0.1, 0.15) is 0 Å². The van der Waals surface area contributed by atoms with Gasteiger partial charge in [-0.25, -0.2) is 0 Å². The molecule has 1 amide bonds. The van der Waals surface area contributed by atoms with Gasteiger partial charge in [0.2, 0.25) is 5.91 Å². The van der Waals surface area contributed by atoms with Crippen molar-refractivity contribution in [3.63, 3.8) is 0 Å². The number of carbonyl (C=O) groups is 1. The van der Waals surface area contributed by atoms with Crippen molar-refractivity contribution in [2.24, 2.45) is 0 Å². The molecule has 1 atom stereocenters. The summed E-state index contributed by atoms with van der Waals surface area (Å²) in [7, 11) is 0. The van der Waals surface area contributed by atoms with E-state index in [4.69, 9.17) is 11.6 Å². The van der Waals surface area contributed by atoms with Crippen LogP contribution in [0.15, 0.2) is 12.3 Å². The molecule has 130 valence electrons. The molecule has 10 heteroatoms. The van der Waals surface area contributed by atoms with Gasteiger partial charge in [0.25, 0.3) is 0 Å². The number of nitrogens with one attached hydrogen (secondary N) is 1. The molecule has 9 nitrogen and oxygen atoms in total. The van der Waals surface area contributed by atoms with Crippen molar-refractivity contribution in [1.29, 1.82) is 0 Å². The first-order valence-corrected chi connectivity index (χ1v) is 7.95. The van der Waals surface area contributed by atoms with E-state index in [-0.39, 0.29) is 18.3 Å². The minimum Gasteiger partial charge on any atom is -0.358 e. The Bertz CT molecular complexity index is 754. The number of hydrogen-bond donors (Lipinski definition) is 1. The number of aromatic nitrogens is 4. The van der Waals surface area contributed by atoms with Crippen LogP contribution >= 0.6 is 11.6 Å². The zero-order valence-electron chi connectivity index (χ0n) is 13.7. The minimum absolute atomic E-state index is 0.227. The number of halogens is 1. The number of nitrogens with zero attached hydrogens (tertiary/aromatic N) is 5. The van der Waals surface area contributed by atoms with Crippen LogP contribution < -0.4 is 5.32 Å². The lowest BCUT2D eigenvalue weighted by Crippen LogP contribution is -2.33. The Morgan fingerprint density at radius 3 is 2.75 bits per heavy atom. The largest absolute Gasteiger partial charge is 0.390 e. The molecule has 0 radical (unpaired) electrons. The topological polar surface area (TPSA) is 108 Å². The van der Waals surface area contributed by atoms with Gasteiger partial charge < -0.3 is 15.4 Å². The van der Waals surface area contributed by atoms with E-state index in [1.54, 1.807) is 11.6 Å². The number of aryl methyl sites for hydroxylation is 2. The lowest BCUT2D eigenvalue weighted by molar-refractivity contribution is -0.389. The van der Waals surface area contributed by atoms with Gasteiger partial charge in [0, 0.05) is 6.54 Å². The third-order valence-electron chi connectivity index (χ3n) is 3.71. The molecule has 0 bridgehead atoms. The van der Waals surface area contributed by atoms with E-state index in [0.717, 1.165) is 0 Å². The molecule has 0 aliphatic rings. The molecule has 0 aromatic carbocycles. The molecule has 1 unspecified atom stereocenters. The molecule has 0 fully saturated rings. The van der Waals surface area contributed by atoms with Crippen LogP contribution in [0.4, 0.5) is 5.82 Å². The number of amides is 1. The number of carbonyl (C=O) groups excluding carboxylic acids is 1. The van der Waals surface area contributed by atoms with Crippen LogP contribution in [0, 0.1) is 17.0 Å². The van der Waals surface area contributed by atoms with Crippen molar-refractivity contribution in [1.82, 2.24) is 24.9 Å². The molecule has 0 aliphatic heterocycles. The van der Waals surface area contributed by atoms with Gasteiger partial charge in [-0.2, -0.15) is 9.78 Å². The van der Waals surface area contributed by atoms with Gasteiger partial charge in [-0.05, 0) is 25.2 Å². The van der Waals surface area contributed by atoms with Gasteiger partial charge in [-0.1, -0.05) is 18.5 Å². The Kier molecular flexibility index (Phi) is 5.55. The summed E-state index contributed by atoms with van der Waals surface area (Å²) in [4.78, 5) is 22.8. The third kappa shape index (κ3) is 3.56. The van der Waals surface area contributed by atoms with Crippen molar-refractivity contribution < 1.29 is 9.72 Å². The summed E-state index contributed by atoms with van der Waals surface area (Å²) in [5.74, 6) is -0.552. The van der Waals surface area contributed by atoms with Crippen LogP contribution in [0.1, 0.15) is 37.7 Å². The predicted molar refractivity (Wildman–Crippen MR) is 87.7 cm³/mol. The molecule has 0 saturated carbocycles. The smallest absolute Gasteiger partial charge is 0.358 e. The quantitative estimate of drug-likeness (QED) is 0.606. The number of rotatable bonds is 7. The Morgan fingerprint density at radius 1 is 1.50 bits per heavy atom. The van der Waals surface area contributed by atoms with Crippen molar-refractivity contribution >= 4 is 23.3 Å². The maximum Gasteiger partial charge on any atom is 0.390 e. The van der Waals surface area contributed by atoms with Gasteiger partial charge >= 0.3 is 5.82 Å². The van der Waals surface area contributed by atoms with Crippen molar-refractivity contribution in [3.8, 4) is 0 Å². The maximum atomic E-state index is 12.5. The molecule has 2 heterocycles. The average Bonchev–Trinajstić information content (AvgIpc) is 3.09. The monoisotopic (exact) mass is 354 g/mol. The summed E-state index contributed by atoms with van der Waals surface area (Å²) in [6, 6.07) is 0.717. The van der Waals surface area contributed by atoms with Crippen LogP contribution in [0.2, 0.25) is 5.02 Å². The van der Waals surface area contributed by atoms with Crippen LogP contribution in [-0.4, -0.2) is 30.4 Å².